The van der Waals surface area contributed by atoms with Crippen LogP contribution in [0, 0.1) is 0 Å². The molecule has 0 fully saturated rings. The maximum absolute atomic E-state index is 13.5. The summed E-state index contributed by atoms with van der Waals surface area (Å²) in [7, 11) is 1.30. The fourth-order valence-electron chi connectivity index (χ4n) is 3.81. The van der Waals surface area contributed by atoms with Gasteiger partial charge >= 0.3 is 12.2 Å². The first-order valence-corrected chi connectivity index (χ1v) is 13.1. The summed E-state index contributed by atoms with van der Waals surface area (Å²) in [6, 6.07) is 20.0. The number of carbonyl (C=O) groups is 3. The molecule has 3 aromatic rings. The highest BCUT2D eigenvalue weighted by molar-refractivity contribution is 9.10. The number of amides is 3. The molecular weight excluding hydrogens is 588 g/mol. The molecule has 0 saturated carbocycles. The largest absolute Gasteiger partial charge is 1.00 e. The predicted molar refractivity (Wildman–Crippen MR) is 148 cm³/mol. The lowest BCUT2D eigenvalue weighted by Gasteiger charge is -2.23. The van der Waals surface area contributed by atoms with Crippen LogP contribution in [0.4, 0.5) is 21.0 Å². The molecule has 1 heterocycles. The summed E-state index contributed by atoms with van der Waals surface area (Å²) in [5.41, 5.74) is 1.87. The molecule has 0 aliphatic carbocycles. The van der Waals surface area contributed by atoms with Gasteiger partial charge in [-0.3, -0.25) is 9.69 Å². The average molecular weight is 620 g/mol. The van der Waals surface area contributed by atoms with Crippen molar-refractivity contribution in [3.63, 3.8) is 0 Å². The Balaban J connectivity index is 0.00000533. The van der Waals surface area contributed by atoms with E-state index in [1.807, 2.05) is 65.5 Å². The molecule has 208 valence electrons. The summed E-state index contributed by atoms with van der Waals surface area (Å²) in [4.78, 5) is 41.0. The standard InChI is InChI=1S/C28H31BrN4O5.ClH/c1-3-15-31-20-22(19-23(29)21-31)26(34)32(24-10-6-4-7-11-24)17-18-38-27(35)30-14-16-33(28(36)37-2)25-12-8-5-9-13-25;/h4-13,19-21H,3,14-18H2,1-2H3;1H. The number of halogens is 2. The molecule has 0 atom stereocenters. The molecular formula is C28H32BrClN4O5. The maximum atomic E-state index is 13.5. The molecule has 0 aliphatic rings. The Morgan fingerprint density at radius 1 is 0.923 bits per heavy atom. The molecule has 3 rings (SSSR count). The predicted octanol–water partition coefficient (Wildman–Crippen LogP) is 1.80. The minimum atomic E-state index is -0.647. The van der Waals surface area contributed by atoms with E-state index in [0.717, 1.165) is 17.4 Å². The summed E-state index contributed by atoms with van der Waals surface area (Å²) < 4.78 is 13.0. The summed E-state index contributed by atoms with van der Waals surface area (Å²) in [6.07, 6.45) is 3.50. The fraction of sp³-hybridized carbons (Fsp3) is 0.286. The van der Waals surface area contributed by atoms with Gasteiger partial charge in [0.15, 0.2) is 12.4 Å². The number of pyridine rings is 1. The highest BCUT2D eigenvalue weighted by Crippen LogP contribution is 2.18. The highest BCUT2D eigenvalue weighted by Gasteiger charge is 2.22. The van der Waals surface area contributed by atoms with Gasteiger partial charge in [0.05, 0.1) is 18.1 Å². The minimum Gasteiger partial charge on any atom is -1.00 e. The second-order valence-electron chi connectivity index (χ2n) is 8.29. The van der Waals surface area contributed by atoms with Crippen LogP contribution in [0.3, 0.4) is 0 Å². The number of nitrogens with one attached hydrogen (secondary N) is 1. The van der Waals surface area contributed by atoms with Crippen LogP contribution in [0.15, 0.2) is 83.6 Å². The number of aryl methyl sites for hydroxylation is 1. The van der Waals surface area contributed by atoms with Gasteiger partial charge in [-0.25, -0.2) is 14.2 Å². The molecule has 0 saturated heterocycles. The molecule has 0 bridgehead atoms. The Morgan fingerprint density at radius 2 is 1.54 bits per heavy atom. The van der Waals surface area contributed by atoms with Gasteiger partial charge in [0, 0.05) is 30.9 Å². The van der Waals surface area contributed by atoms with Crippen LogP contribution in [0.25, 0.3) is 0 Å². The Morgan fingerprint density at radius 3 is 2.13 bits per heavy atom. The van der Waals surface area contributed by atoms with Gasteiger partial charge in [-0.05, 0) is 46.3 Å². The van der Waals surface area contributed by atoms with Crippen LogP contribution in [-0.2, 0) is 16.0 Å². The van der Waals surface area contributed by atoms with Crippen molar-refractivity contribution in [2.75, 3.05) is 43.2 Å². The number of hydrogen-bond donors (Lipinski definition) is 1. The number of para-hydroxylation sites is 2. The number of alkyl carbamates (subject to hydrolysis) is 1. The first-order valence-electron chi connectivity index (χ1n) is 12.3. The SMILES string of the molecule is CCC[n+]1cc(Br)cc(C(=O)N(CCOC(=O)NCCN(C(=O)OC)c2ccccc2)c2ccccc2)c1.[Cl-]. The number of ether oxygens (including phenoxy) is 2. The number of benzene rings is 2. The van der Waals surface area contributed by atoms with Gasteiger partial charge in [-0.1, -0.05) is 43.3 Å². The summed E-state index contributed by atoms with van der Waals surface area (Å²) in [6.45, 7) is 3.35. The minimum absolute atomic E-state index is 0. The van der Waals surface area contributed by atoms with Crippen molar-refractivity contribution >= 4 is 45.4 Å². The first kappa shape index (κ1) is 31.6. The van der Waals surface area contributed by atoms with E-state index in [-0.39, 0.29) is 44.6 Å². The van der Waals surface area contributed by atoms with E-state index < -0.39 is 12.2 Å². The van der Waals surface area contributed by atoms with E-state index >= 15 is 0 Å². The highest BCUT2D eigenvalue weighted by atomic mass is 79.9. The molecule has 39 heavy (non-hydrogen) atoms. The van der Waals surface area contributed by atoms with E-state index in [9.17, 15) is 14.4 Å². The Hall–Kier alpha value is -3.63. The van der Waals surface area contributed by atoms with Crippen molar-refractivity contribution in [2.45, 2.75) is 19.9 Å². The number of aromatic nitrogens is 1. The molecule has 11 heteroatoms. The molecule has 3 amide bonds. The monoisotopic (exact) mass is 618 g/mol. The molecule has 0 radical (unpaired) electrons. The molecule has 1 aromatic heterocycles. The van der Waals surface area contributed by atoms with Crippen molar-refractivity contribution in [3.05, 3.63) is 89.2 Å². The lowest BCUT2D eigenvalue weighted by atomic mass is 10.2. The second kappa shape index (κ2) is 16.4. The van der Waals surface area contributed by atoms with E-state index in [2.05, 4.69) is 28.2 Å². The number of anilines is 2. The third-order valence-corrected chi connectivity index (χ3v) is 5.98. The van der Waals surface area contributed by atoms with Crippen LogP contribution >= 0.6 is 15.9 Å². The normalized spacial score (nSPS) is 10.1. The lowest BCUT2D eigenvalue weighted by molar-refractivity contribution is -0.697. The summed E-state index contributed by atoms with van der Waals surface area (Å²) in [5.74, 6) is -0.206. The van der Waals surface area contributed by atoms with Crippen molar-refractivity contribution in [1.29, 1.82) is 0 Å². The van der Waals surface area contributed by atoms with Crippen LogP contribution in [0.5, 0.6) is 0 Å². The molecule has 9 nitrogen and oxygen atoms in total. The Labute approximate surface area is 243 Å². The van der Waals surface area contributed by atoms with Crippen LogP contribution < -0.4 is 32.1 Å². The zero-order chi connectivity index (χ0) is 27.3. The van der Waals surface area contributed by atoms with Gasteiger partial charge < -0.3 is 32.1 Å². The van der Waals surface area contributed by atoms with Gasteiger partial charge in [0.25, 0.3) is 5.91 Å². The summed E-state index contributed by atoms with van der Waals surface area (Å²) in [5, 5.41) is 2.64. The van der Waals surface area contributed by atoms with Crippen LogP contribution in [0.1, 0.15) is 23.7 Å². The van der Waals surface area contributed by atoms with Crippen molar-refractivity contribution in [3.8, 4) is 0 Å². The molecule has 1 N–H and O–H groups in total. The van der Waals surface area contributed by atoms with Crippen LogP contribution in [-0.4, -0.2) is 51.4 Å². The van der Waals surface area contributed by atoms with E-state index in [4.69, 9.17) is 9.47 Å². The van der Waals surface area contributed by atoms with E-state index in [0.29, 0.717) is 16.9 Å². The summed E-state index contributed by atoms with van der Waals surface area (Å²) >= 11 is 3.49. The number of methoxy groups -OCH3 is 1. The third-order valence-electron chi connectivity index (χ3n) is 5.54. The van der Waals surface area contributed by atoms with Crippen LogP contribution in [0.2, 0.25) is 0 Å². The fourth-order valence-corrected chi connectivity index (χ4v) is 4.32. The second-order valence-corrected chi connectivity index (χ2v) is 9.21. The molecule has 2 aromatic carbocycles. The van der Waals surface area contributed by atoms with Crippen molar-refractivity contribution in [1.82, 2.24) is 5.32 Å². The zero-order valence-electron chi connectivity index (χ0n) is 21.9. The van der Waals surface area contributed by atoms with Gasteiger partial charge in [0.2, 0.25) is 0 Å². The van der Waals surface area contributed by atoms with Gasteiger partial charge in [-0.15, -0.1) is 0 Å². The van der Waals surface area contributed by atoms with Crippen molar-refractivity contribution < 1.29 is 40.8 Å². The van der Waals surface area contributed by atoms with Gasteiger partial charge in [-0.2, -0.15) is 0 Å². The molecule has 0 spiro atoms. The molecule has 0 unspecified atom stereocenters. The number of nitrogens with zero attached hydrogens (tertiary/aromatic N) is 3. The Bertz CT molecular complexity index is 1220. The molecule has 0 aliphatic heterocycles. The lowest BCUT2D eigenvalue weighted by Crippen LogP contribution is -3.00. The zero-order valence-corrected chi connectivity index (χ0v) is 24.2. The van der Waals surface area contributed by atoms with Gasteiger partial charge in [0.1, 0.15) is 18.7 Å². The van der Waals surface area contributed by atoms with Crippen molar-refractivity contribution in [2.24, 2.45) is 0 Å². The van der Waals surface area contributed by atoms with E-state index in [1.165, 1.54) is 12.0 Å². The smallest absolute Gasteiger partial charge is 0.414 e. The Kier molecular flexibility index (Phi) is 13.2. The average Bonchev–Trinajstić information content (AvgIpc) is 2.93. The number of carbonyl (C=O) groups excluding carboxylic acids is 3. The number of hydrogen-bond acceptors (Lipinski definition) is 5. The topological polar surface area (TPSA) is 92.1 Å². The maximum Gasteiger partial charge on any atom is 0.414 e. The number of rotatable bonds is 11. The van der Waals surface area contributed by atoms with E-state index in [1.54, 1.807) is 23.1 Å². The third kappa shape index (κ3) is 9.56. The first-order chi connectivity index (χ1) is 18.4. The quantitative estimate of drug-likeness (QED) is 0.331.